The Kier molecular flexibility index (Phi) is 6.88. The van der Waals surface area contributed by atoms with Gasteiger partial charge in [-0.2, -0.15) is 18.3 Å². The van der Waals surface area contributed by atoms with E-state index in [1.165, 1.54) is 4.90 Å². The number of carbonyl (C=O) groups excluding carboxylic acids is 2. The molecule has 2 fully saturated rings. The summed E-state index contributed by atoms with van der Waals surface area (Å²) < 4.78 is 43.3. The number of rotatable bonds is 3. The van der Waals surface area contributed by atoms with Gasteiger partial charge in [-0.15, -0.1) is 0 Å². The number of hydrogen-bond donors (Lipinski definition) is 2. The average Bonchev–Trinajstić information content (AvgIpc) is 3.21. The van der Waals surface area contributed by atoms with Gasteiger partial charge in [0, 0.05) is 32.1 Å². The molecule has 0 radical (unpaired) electrons. The summed E-state index contributed by atoms with van der Waals surface area (Å²) in [5.41, 5.74) is -1.92. The largest absolute Gasteiger partial charge is 0.483 e. The lowest BCUT2D eigenvalue weighted by atomic mass is 9.76. The van der Waals surface area contributed by atoms with Crippen LogP contribution in [-0.4, -0.2) is 83.3 Å². The van der Waals surface area contributed by atoms with Crippen molar-refractivity contribution in [1.82, 2.24) is 20.0 Å². The minimum atomic E-state index is -4.58. The summed E-state index contributed by atoms with van der Waals surface area (Å²) in [6.07, 6.45) is -3.25. The molecule has 1 aromatic rings. The van der Waals surface area contributed by atoms with Crippen molar-refractivity contribution >= 4 is 18.3 Å². The van der Waals surface area contributed by atoms with Crippen LogP contribution in [-0.2, 0) is 20.5 Å². The van der Waals surface area contributed by atoms with Gasteiger partial charge in [-0.3, -0.25) is 19.5 Å². The highest BCUT2D eigenvalue weighted by molar-refractivity contribution is 5.92. The van der Waals surface area contributed by atoms with Gasteiger partial charge in [-0.25, -0.2) is 0 Å². The first kappa shape index (κ1) is 22.7. The van der Waals surface area contributed by atoms with E-state index in [2.05, 4.69) is 5.10 Å². The van der Waals surface area contributed by atoms with E-state index in [1.54, 1.807) is 0 Å². The van der Waals surface area contributed by atoms with Crippen molar-refractivity contribution < 1.29 is 37.4 Å². The second kappa shape index (κ2) is 8.80. The summed E-state index contributed by atoms with van der Waals surface area (Å²) in [6, 6.07) is 0.712. The van der Waals surface area contributed by atoms with Crippen LogP contribution in [0.5, 0.6) is 0 Å². The van der Waals surface area contributed by atoms with Crippen LogP contribution in [0, 0.1) is 5.41 Å². The molecule has 3 rings (SSSR count). The first-order chi connectivity index (χ1) is 13.5. The number of likely N-dealkylation sites (N-methyl/N-ethyl adjacent to an activating group) is 1. The van der Waals surface area contributed by atoms with Gasteiger partial charge in [-0.1, -0.05) is 0 Å². The molecule has 2 saturated heterocycles. The molecule has 1 spiro atoms. The summed E-state index contributed by atoms with van der Waals surface area (Å²) in [4.78, 5) is 36.5. The number of ether oxygens (including phenoxy) is 1. The van der Waals surface area contributed by atoms with E-state index in [-0.39, 0.29) is 37.3 Å². The normalized spacial score (nSPS) is 21.0. The number of aromatic nitrogens is 2. The number of hydrogen-bond acceptors (Lipinski definition) is 6. The maximum absolute atomic E-state index is 12.6. The number of halogens is 3. The van der Waals surface area contributed by atoms with E-state index in [9.17, 15) is 22.8 Å². The third-order valence-electron chi connectivity index (χ3n) is 5.00. The van der Waals surface area contributed by atoms with Crippen LogP contribution in [0.25, 0.3) is 0 Å². The number of alkyl halides is 3. The molecule has 1 amide bonds. The predicted molar refractivity (Wildman–Crippen MR) is 92.9 cm³/mol. The monoisotopic (exact) mass is 420 g/mol. The van der Waals surface area contributed by atoms with Crippen molar-refractivity contribution in [2.45, 2.75) is 31.5 Å². The van der Waals surface area contributed by atoms with Crippen LogP contribution in [0.4, 0.5) is 13.2 Å². The van der Waals surface area contributed by atoms with Crippen molar-refractivity contribution in [2.24, 2.45) is 5.41 Å². The fourth-order valence-corrected chi connectivity index (χ4v) is 3.63. The number of aromatic amines is 1. The molecule has 1 aromatic heterocycles. The second-order valence-corrected chi connectivity index (χ2v) is 7.34. The number of piperidine rings is 1. The highest BCUT2D eigenvalue weighted by Gasteiger charge is 2.51. The Morgan fingerprint density at radius 3 is 2.52 bits per heavy atom. The minimum Gasteiger partial charge on any atom is -0.483 e. The number of esters is 1. The second-order valence-electron chi connectivity index (χ2n) is 7.34. The van der Waals surface area contributed by atoms with Gasteiger partial charge < -0.3 is 19.6 Å². The smallest absolute Gasteiger partial charge is 0.432 e. The number of carboxylic acid groups (broad SMARTS) is 1. The molecule has 9 nitrogen and oxygen atoms in total. The third kappa shape index (κ3) is 5.25. The standard InChI is InChI=1S/C16H21F3N4O3.CH2O2/c1-22(2)9-10-8-15(14(25)26-10)3-5-23(6-4-15)13(24)11-7-12(21-20-11)16(17,18)19;2-1-3/h7,10H,3-6,8-9H2,1-2H3,(H,20,21);1H,(H,2,3). The molecule has 2 N–H and O–H groups in total. The van der Waals surface area contributed by atoms with E-state index in [0.29, 0.717) is 31.9 Å². The summed E-state index contributed by atoms with van der Waals surface area (Å²) in [7, 11) is 3.80. The average molecular weight is 420 g/mol. The number of cyclic esters (lactones) is 1. The zero-order chi connectivity index (χ0) is 21.8. The van der Waals surface area contributed by atoms with Crippen LogP contribution in [0.15, 0.2) is 6.07 Å². The summed E-state index contributed by atoms with van der Waals surface area (Å²) in [5.74, 6) is -0.807. The lowest BCUT2D eigenvalue weighted by molar-refractivity contribution is -0.151. The van der Waals surface area contributed by atoms with Crippen LogP contribution in [0.3, 0.4) is 0 Å². The summed E-state index contributed by atoms with van der Waals surface area (Å²) in [6.45, 7) is 0.970. The fraction of sp³-hybridized carbons (Fsp3) is 0.647. The first-order valence-electron chi connectivity index (χ1n) is 8.88. The Morgan fingerprint density at radius 2 is 2.03 bits per heavy atom. The molecule has 1 atom stereocenters. The molecule has 2 aliphatic heterocycles. The van der Waals surface area contributed by atoms with Crippen molar-refractivity contribution in [3.8, 4) is 0 Å². The van der Waals surface area contributed by atoms with Crippen LogP contribution >= 0.6 is 0 Å². The van der Waals surface area contributed by atoms with Gasteiger partial charge in [0.05, 0.1) is 5.41 Å². The quantitative estimate of drug-likeness (QED) is 0.558. The molecule has 12 heteroatoms. The van der Waals surface area contributed by atoms with Crippen molar-refractivity contribution in [2.75, 3.05) is 33.7 Å². The maximum atomic E-state index is 12.6. The summed E-state index contributed by atoms with van der Waals surface area (Å²) >= 11 is 0. The Balaban J connectivity index is 0.000000941. The van der Waals surface area contributed by atoms with Crippen molar-refractivity contribution in [1.29, 1.82) is 0 Å². The number of H-pyrrole nitrogens is 1. The van der Waals surface area contributed by atoms with E-state index in [1.807, 2.05) is 24.1 Å². The molecule has 2 aliphatic rings. The number of nitrogens with zero attached hydrogens (tertiary/aromatic N) is 3. The molecule has 0 saturated carbocycles. The van der Waals surface area contributed by atoms with Crippen molar-refractivity contribution in [3.63, 3.8) is 0 Å². The number of carbonyl (C=O) groups is 3. The van der Waals surface area contributed by atoms with E-state index >= 15 is 0 Å². The lowest BCUT2D eigenvalue weighted by Gasteiger charge is -2.36. The Bertz CT molecular complexity index is 742. The molecule has 29 heavy (non-hydrogen) atoms. The van der Waals surface area contributed by atoms with Gasteiger partial charge in [-0.05, 0) is 26.9 Å². The van der Waals surface area contributed by atoms with Crippen LogP contribution < -0.4 is 0 Å². The molecule has 3 heterocycles. The maximum Gasteiger partial charge on any atom is 0.432 e. The molecule has 0 aliphatic carbocycles. The third-order valence-corrected chi connectivity index (χ3v) is 5.00. The molecule has 0 aromatic carbocycles. The Hall–Kier alpha value is -2.63. The topological polar surface area (TPSA) is 116 Å². The van der Waals surface area contributed by atoms with E-state index < -0.39 is 23.2 Å². The molecular weight excluding hydrogens is 397 g/mol. The number of nitrogens with one attached hydrogen (secondary N) is 1. The van der Waals surface area contributed by atoms with Crippen molar-refractivity contribution in [3.05, 3.63) is 17.5 Å². The Morgan fingerprint density at radius 1 is 1.45 bits per heavy atom. The highest BCUT2D eigenvalue weighted by atomic mass is 19.4. The zero-order valence-electron chi connectivity index (χ0n) is 16.0. The zero-order valence-corrected chi connectivity index (χ0v) is 16.0. The SMILES string of the molecule is CN(C)CC1CC2(CCN(C(=O)c3cc(C(F)(F)F)[nH]n3)CC2)C(=O)O1.O=CO. The molecule has 0 bridgehead atoms. The van der Waals surface area contributed by atoms with E-state index in [0.717, 1.165) is 0 Å². The minimum absolute atomic E-state index is 0.166. The van der Waals surface area contributed by atoms with E-state index in [4.69, 9.17) is 14.6 Å². The van der Waals surface area contributed by atoms with Gasteiger partial charge in [0.1, 0.15) is 11.8 Å². The van der Waals surface area contributed by atoms with Gasteiger partial charge in [0.15, 0.2) is 5.69 Å². The molecular formula is C17H23F3N4O5. The number of likely N-dealkylation sites (tertiary alicyclic amines) is 1. The molecule has 1 unspecified atom stereocenters. The van der Waals surface area contributed by atoms with Gasteiger partial charge in [0.2, 0.25) is 0 Å². The number of amides is 1. The highest BCUT2D eigenvalue weighted by Crippen LogP contribution is 2.43. The lowest BCUT2D eigenvalue weighted by Crippen LogP contribution is -2.45. The van der Waals surface area contributed by atoms with Crippen LogP contribution in [0.1, 0.15) is 35.4 Å². The van der Waals surface area contributed by atoms with Gasteiger partial charge in [0.25, 0.3) is 12.4 Å². The van der Waals surface area contributed by atoms with Gasteiger partial charge >= 0.3 is 12.1 Å². The molecule has 162 valence electrons. The summed E-state index contributed by atoms with van der Waals surface area (Å²) in [5, 5.41) is 12.2. The predicted octanol–water partition coefficient (Wildman–Crippen LogP) is 1.23. The van der Waals surface area contributed by atoms with Crippen LogP contribution in [0.2, 0.25) is 0 Å². The first-order valence-corrected chi connectivity index (χ1v) is 8.88. The Labute approximate surface area is 164 Å². The fourth-order valence-electron chi connectivity index (χ4n) is 3.63.